The minimum atomic E-state index is -3.75. The van der Waals surface area contributed by atoms with Crippen LogP contribution in [0, 0.1) is 0 Å². The number of nitrogens with zero attached hydrogens (tertiary/aromatic N) is 4. The second kappa shape index (κ2) is 12.8. The summed E-state index contributed by atoms with van der Waals surface area (Å²) in [5.74, 6) is 0.880. The molecule has 0 aliphatic rings. The van der Waals surface area contributed by atoms with Crippen LogP contribution in [0.25, 0.3) is 10.2 Å². The third kappa shape index (κ3) is 6.44. The summed E-state index contributed by atoms with van der Waals surface area (Å²) in [5, 5.41) is 0.536. The molecule has 4 rings (SSSR count). The average Bonchev–Trinajstić information content (AvgIpc) is 3.37. The van der Waals surface area contributed by atoms with E-state index in [0.29, 0.717) is 47.3 Å². The lowest BCUT2D eigenvalue weighted by Gasteiger charge is -2.23. The second-order valence-electron chi connectivity index (χ2n) is 9.37. The number of benzene rings is 3. The molecular weight excluding hydrogens is 548 g/mol. The minimum absolute atomic E-state index is 0.140. The zero-order chi connectivity index (χ0) is 28.9. The quantitative estimate of drug-likeness (QED) is 0.238. The maximum Gasteiger partial charge on any atom is 0.260 e. The molecule has 0 radical (unpaired) electrons. The zero-order valence-corrected chi connectivity index (χ0v) is 25.0. The number of likely N-dealkylation sites (N-methyl/N-ethyl adjacent to an activating group) is 1. The van der Waals surface area contributed by atoms with Crippen molar-refractivity contribution >= 4 is 42.6 Å². The molecule has 0 aliphatic carbocycles. The van der Waals surface area contributed by atoms with Crippen molar-refractivity contribution in [3.05, 3.63) is 77.9 Å². The van der Waals surface area contributed by atoms with E-state index in [2.05, 4.69) is 0 Å². The van der Waals surface area contributed by atoms with Gasteiger partial charge in [0.25, 0.3) is 5.91 Å². The van der Waals surface area contributed by atoms with Gasteiger partial charge in [0.15, 0.2) is 16.6 Å². The van der Waals surface area contributed by atoms with Crippen LogP contribution in [0.3, 0.4) is 0 Å². The van der Waals surface area contributed by atoms with Gasteiger partial charge >= 0.3 is 0 Å². The van der Waals surface area contributed by atoms with E-state index in [9.17, 15) is 13.2 Å². The Morgan fingerprint density at radius 2 is 1.57 bits per heavy atom. The Bertz CT molecular complexity index is 1510. The minimum Gasteiger partial charge on any atom is -0.493 e. The molecule has 0 saturated heterocycles. The van der Waals surface area contributed by atoms with Gasteiger partial charge < -0.3 is 14.4 Å². The first-order chi connectivity index (χ1) is 19.2. The lowest BCUT2D eigenvalue weighted by molar-refractivity contribution is 0.0985. The maximum absolute atomic E-state index is 13.7. The number of carbonyl (C=O) groups excluding carboxylic acids is 1. The summed E-state index contributed by atoms with van der Waals surface area (Å²) in [4.78, 5) is 22.2. The summed E-state index contributed by atoms with van der Waals surface area (Å²) in [5.41, 5.74) is 1.97. The summed E-state index contributed by atoms with van der Waals surface area (Å²) >= 11 is 1.38. The molecule has 1 amide bonds. The van der Waals surface area contributed by atoms with Crippen molar-refractivity contribution in [3.8, 4) is 11.5 Å². The maximum atomic E-state index is 13.7. The molecule has 4 aromatic rings. The first-order valence-corrected chi connectivity index (χ1v) is 15.1. The van der Waals surface area contributed by atoms with E-state index in [-0.39, 0.29) is 17.3 Å². The number of fused-ring (bicyclic) bond motifs is 1. The van der Waals surface area contributed by atoms with Gasteiger partial charge in [-0.15, -0.1) is 0 Å². The molecule has 0 atom stereocenters. The Kier molecular flexibility index (Phi) is 9.41. The van der Waals surface area contributed by atoms with Gasteiger partial charge in [-0.3, -0.25) is 9.69 Å². The van der Waals surface area contributed by atoms with Crippen LogP contribution in [0.2, 0.25) is 0 Å². The summed E-state index contributed by atoms with van der Waals surface area (Å²) in [6.07, 6.45) is 0. The van der Waals surface area contributed by atoms with Crippen LogP contribution in [0.1, 0.15) is 22.8 Å². The number of carbonyl (C=O) groups is 1. The smallest absolute Gasteiger partial charge is 0.260 e. The molecule has 40 heavy (non-hydrogen) atoms. The predicted octanol–water partition coefficient (Wildman–Crippen LogP) is 4.73. The lowest BCUT2D eigenvalue weighted by atomic mass is 10.2. The Morgan fingerprint density at radius 1 is 0.925 bits per heavy atom. The topological polar surface area (TPSA) is 92.3 Å². The highest BCUT2D eigenvalue weighted by atomic mass is 32.2. The molecule has 1 aromatic heterocycles. The SMILES string of the molecule is CCN(Cc1ccccc1)S(=O)(=O)c1ccc(C(=O)N(CCN(C)C)c2nc3cc(OC)c(OC)cc3s2)cc1. The Morgan fingerprint density at radius 3 is 2.17 bits per heavy atom. The van der Waals surface area contributed by atoms with Gasteiger partial charge in [0.1, 0.15) is 0 Å². The molecule has 0 unspecified atom stereocenters. The van der Waals surface area contributed by atoms with Gasteiger partial charge in [-0.2, -0.15) is 4.31 Å². The van der Waals surface area contributed by atoms with Crippen molar-refractivity contribution in [2.45, 2.75) is 18.4 Å². The van der Waals surface area contributed by atoms with E-state index >= 15 is 0 Å². The highest BCUT2D eigenvalue weighted by Gasteiger charge is 2.26. The van der Waals surface area contributed by atoms with Crippen molar-refractivity contribution < 1.29 is 22.7 Å². The molecule has 0 N–H and O–H groups in total. The molecule has 0 aliphatic heterocycles. The first-order valence-electron chi connectivity index (χ1n) is 12.8. The highest BCUT2D eigenvalue weighted by Crippen LogP contribution is 2.37. The van der Waals surface area contributed by atoms with E-state index in [0.717, 1.165) is 10.3 Å². The van der Waals surface area contributed by atoms with Gasteiger partial charge in [-0.1, -0.05) is 48.6 Å². The Labute approximate surface area is 239 Å². The molecule has 1 heterocycles. The van der Waals surface area contributed by atoms with Gasteiger partial charge in [0.05, 0.1) is 29.3 Å². The molecule has 9 nitrogen and oxygen atoms in total. The van der Waals surface area contributed by atoms with Gasteiger partial charge in [-0.05, 0) is 43.9 Å². The number of hydrogen-bond acceptors (Lipinski definition) is 8. The molecule has 0 bridgehead atoms. The molecule has 0 spiro atoms. The van der Waals surface area contributed by atoms with Crippen LogP contribution in [0.4, 0.5) is 5.13 Å². The van der Waals surface area contributed by atoms with Crippen LogP contribution in [0.5, 0.6) is 11.5 Å². The van der Waals surface area contributed by atoms with Crippen LogP contribution in [-0.2, 0) is 16.6 Å². The Balaban J connectivity index is 1.62. The van der Waals surface area contributed by atoms with Gasteiger partial charge in [0.2, 0.25) is 10.0 Å². The summed E-state index contributed by atoms with van der Waals surface area (Å²) in [6.45, 7) is 3.42. The third-order valence-electron chi connectivity index (χ3n) is 6.42. The second-order valence-corrected chi connectivity index (χ2v) is 12.3. The van der Waals surface area contributed by atoms with Crippen molar-refractivity contribution in [3.63, 3.8) is 0 Å². The van der Waals surface area contributed by atoms with Crippen molar-refractivity contribution in [2.24, 2.45) is 0 Å². The Hall–Kier alpha value is -3.51. The molecule has 11 heteroatoms. The molecule has 212 valence electrons. The van der Waals surface area contributed by atoms with Crippen molar-refractivity contribution in [1.29, 1.82) is 0 Å². The van der Waals surface area contributed by atoms with E-state index in [4.69, 9.17) is 14.5 Å². The summed E-state index contributed by atoms with van der Waals surface area (Å²) in [6, 6.07) is 19.2. The van der Waals surface area contributed by atoms with Crippen LogP contribution in [0.15, 0.2) is 71.6 Å². The number of rotatable bonds is 12. The fourth-order valence-corrected chi connectivity index (χ4v) is 6.61. The number of methoxy groups -OCH3 is 2. The fourth-order valence-electron chi connectivity index (χ4n) is 4.17. The molecule has 0 saturated carbocycles. The van der Waals surface area contributed by atoms with Gasteiger partial charge in [0, 0.05) is 43.9 Å². The van der Waals surface area contributed by atoms with Crippen LogP contribution >= 0.6 is 11.3 Å². The largest absolute Gasteiger partial charge is 0.493 e. The molecular formula is C29H34N4O5S2. The van der Waals surface area contributed by atoms with E-state index in [1.807, 2.05) is 62.3 Å². The van der Waals surface area contributed by atoms with Crippen molar-refractivity contribution in [2.75, 3.05) is 52.8 Å². The number of anilines is 1. The first kappa shape index (κ1) is 29.5. The molecule has 3 aromatic carbocycles. The van der Waals surface area contributed by atoms with E-state index < -0.39 is 10.0 Å². The monoisotopic (exact) mass is 582 g/mol. The number of amides is 1. The van der Waals surface area contributed by atoms with Crippen LogP contribution in [-0.4, -0.2) is 76.5 Å². The average molecular weight is 583 g/mol. The lowest BCUT2D eigenvalue weighted by Crippen LogP contribution is -2.36. The number of sulfonamides is 1. The fraction of sp³-hybridized carbons (Fsp3) is 0.310. The highest BCUT2D eigenvalue weighted by molar-refractivity contribution is 7.89. The number of thiazole rings is 1. The third-order valence-corrected chi connectivity index (χ3v) is 9.40. The molecule has 0 fully saturated rings. The van der Waals surface area contributed by atoms with E-state index in [1.54, 1.807) is 37.3 Å². The van der Waals surface area contributed by atoms with Crippen LogP contribution < -0.4 is 14.4 Å². The predicted molar refractivity (Wildman–Crippen MR) is 159 cm³/mol. The normalized spacial score (nSPS) is 11.8. The standard InChI is InChI=1S/C29H34N4O5S2/c1-6-32(20-21-10-8-7-9-11-21)40(35,36)23-14-12-22(13-15-23)28(34)33(17-16-31(2)3)29-30-24-18-25(37-4)26(38-5)19-27(24)39-29/h7-15,18-19H,6,16-17,20H2,1-5H3. The van der Waals surface area contributed by atoms with E-state index in [1.165, 1.54) is 27.8 Å². The summed E-state index contributed by atoms with van der Waals surface area (Å²) < 4.78 is 39.9. The summed E-state index contributed by atoms with van der Waals surface area (Å²) in [7, 11) is 3.26. The zero-order valence-electron chi connectivity index (χ0n) is 23.3. The number of aromatic nitrogens is 1. The van der Waals surface area contributed by atoms with Gasteiger partial charge in [-0.25, -0.2) is 13.4 Å². The van der Waals surface area contributed by atoms with Crippen molar-refractivity contribution in [1.82, 2.24) is 14.2 Å². The number of ether oxygens (including phenoxy) is 2. The number of hydrogen-bond donors (Lipinski definition) is 0.